The number of aryl methyl sites for hydroxylation is 1. The summed E-state index contributed by atoms with van der Waals surface area (Å²) in [7, 11) is 1.84. The molecule has 7 nitrogen and oxygen atoms in total. The largest absolute Gasteiger partial charge is 0.361 e. The molecule has 1 aromatic rings. The molecule has 2 heterocycles. The molecule has 2 amide bonds. The molecule has 7 heteroatoms. The zero-order valence-electron chi connectivity index (χ0n) is 15.8. The fraction of sp³-hybridized carbons (Fsp3) is 0.737. The second-order valence-corrected chi connectivity index (χ2v) is 7.74. The molecular formula is C19H30N4O3. The molecule has 0 bridgehead atoms. The highest BCUT2D eigenvalue weighted by atomic mass is 16.5. The molecule has 1 saturated carbocycles. The van der Waals surface area contributed by atoms with E-state index in [1.165, 1.54) is 19.3 Å². The van der Waals surface area contributed by atoms with Crippen molar-refractivity contribution in [1.82, 2.24) is 20.7 Å². The van der Waals surface area contributed by atoms with Crippen molar-refractivity contribution in [3.05, 3.63) is 17.5 Å². The number of carbonyl (C=O) groups is 2. The van der Waals surface area contributed by atoms with E-state index < -0.39 is 0 Å². The Morgan fingerprint density at radius 1 is 1.27 bits per heavy atom. The van der Waals surface area contributed by atoms with Gasteiger partial charge in [-0.1, -0.05) is 18.0 Å². The minimum absolute atomic E-state index is 0.0461. The SMILES string of the molecule is Cc1cc(CNC(=O)[C@@H]2CCC[C@@H](NC3CCC3)CN(C)C(=O)C2)no1. The van der Waals surface area contributed by atoms with Crippen LogP contribution in [0.15, 0.2) is 10.6 Å². The lowest BCUT2D eigenvalue weighted by molar-refractivity contribution is -0.135. The van der Waals surface area contributed by atoms with Crippen LogP contribution in [0.5, 0.6) is 0 Å². The van der Waals surface area contributed by atoms with Crippen LogP contribution < -0.4 is 10.6 Å². The molecule has 2 aliphatic rings. The third-order valence-corrected chi connectivity index (χ3v) is 5.51. The van der Waals surface area contributed by atoms with E-state index in [0.29, 0.717) is 24.3 Å². The van der Waals surface area contributed by atoms with Gasteiger partial charge >= 0.3 is 0 Å². The molecule has 26 heavy (non-hydrogen) atoms. The van der Waals surface area contributed by atoms with Gasteiger partial charge in [0.05, 0.1) is 6.54 Å². The maximum Gasteiger partial charge on any atom is 0.223 e. The summed E-state index contributed by atoms with van der Waals surface area (Å²) in [5.41, 5.74) is 0.701. The quantitative estimate of drug-likeness (QED) is 0.833. The number of rotatable bonds is 5. The minimum atomic E-state index is -0.277. The number of carbonyl (C=O) groups excluding carboxylic acids is 2. The van der Waals surface area contributed by atoms with Gasteiger partial charge in [0.15, 0.2) is 0 Å². The molecule has 2 N–H and O–H groups in total. The lowest BCUT2D eigenvalue weighted by atomic mass is 9.91. The first kappa shape index (κ1) is 18.9. The van der Waals surface area contributed by atoms with E-state index in [4.69, 9.17) is 4.52 Å². The molecule has 0 unspecified atom stereocenters. The van der Waals surface area contributed by atoms with Crippen molar-refractivity contribution in [2.24, 2.45) is 5.92 Å². The second kappa shape index (κ2) is 8.66. The van der Waals surface area contributed by atoms with Crippen LogP contribution in [-0.2, 0) is 16.1 Å². The predicted octanol–water partition coefficient (Wildman–Crippen LogP) is 1.76. The van der Waals surface area contributed by atoms with E-state index in [-0.39, 0.29) is 24.2 Å². The molecule has 0 spiro atoms. The number of likely N-dealkylation sites (N-methyl/N-ethyl adjacent to an activating group) is 1. The van der Waals surface area contributed by atoms with Gasteiger partial charge in [0.25, 0.3) is 0 Å². The Kier molecular flexibility index (Phi) is 6.29. The van der Waals surface area contributed by atoms with Crippen LogP contribution in [0.4, 0.5) is 0 Å². The summed E-state index contributed by atoms with van der Waals surface area (Å²) < 4.78 is 5.01. The summed E-state index contributed by atoms with van der Waals surface area (Å²) in [6.45, 7) is 2.88. The van der Waals surface area contributed by atoms with Gasteiger partial charge in [-0.3, -0.25) is 9.59 Å². The number of amides is 2. The summed E-state index contributed by atoms with van der Waals surface area (Å²) in [5, 5.41) is 10.5. The molecule has 1 aromatic heterocycles. The summed E-state index contributed by atoms with van der Waals surface area (Å²) >= 11 is 0. The number of aromatic nitrogens is 1. The van der Waals surface area contributed by atoms with Gasteiger partial charge in [0.2, 0.25) is 11.8 Å². The fourth-order valence-electron chi connectivity index (χ4n) is 3.69. The van der Waals surface area contributed by atoms with Gasteiger partial charge in [0.1, 0.15) is 11.5 Å². The van der Waals surface area contributed by atoms with Crippen molar-refractivity contribution in [1.29, 1.82) is 0 Å². The highest BCUT2D eigenvalue weighted by Gasteiger charge is 2.28. The number of hydrogen-bond acceptors (Lipinski definition) is 5. The Hall–Kier alpha value is -1.89. The molecule has 3 rings (SSSR count). The molecule has 1 aliphatic carbocycles. The van der Waals surface area contributed by atoms with Crippen molar-refractivity contribution in [3.63, 3.8) is 0 Å². The maximum absolute atomic E-state index is 12.6. The lowest BCUT2D eigenvalue weighted by Crippen LogP contribution is -2.48. The normalized spacial score (nSPS) is 25.2. The van der Waals surface area contributed by atoms with Crippen molar-refractivity contribution < 1.29 is 14.1 Å². The highest BCUT2D eigenvalue weighted by molar-refractivity contribution is 5.85. The van der Waals surface area contributed by atoms with Crippen LogP contribution in [0.3, 0.4) is 0 Å². The van der Waals surface area contributed by atoms with Crippen molar-refractivity contribution in [2.45, 2.75) is 70.5 Å². The summed E-state index contributed by atoms with van der Waals surface area (Å²) in [6, 6.07) is 2.74. The van der Waals surface area contributed by atoms with E-state index in [0.717, 1.165) is 31.6 Å². The first-order valence-corrected chi connectivity index (χ1v) is 9.71. The molecule has 0 radical (unpaired) electrons. The number of nitrogens with zero attached hydrogens (tertiary/aromatic N) is 2. The van der Waals surface area contributed by atoms with Crippen LogP contribution in [0.1, 0.15) is 56.4 Å². The molecule has 144 valence electrons. The van der Waals surface area contributed by atoms with Gasteiger partial charge in [-0.2, -0.15) is 0 Å². The van der Waals surface area contributed by atoms with E-state index in [1.54, 1.807) is 11.0 Å². The molecule has 2 atom stereocenters. The Morgan fingerprint density at radius 2 is 2.00 bits per heavy atom. The standard InChI is InChI=1S/C19H30N4O3/c1-13-9-17(22-26-13)11-20-19(25)14-5-3-8-16(21-15-6-4-7-15)12-23(2)18(24)10-14/h9,14-16,21H,3-8,10-12H2,1-2H3,(H,20,25)/t14-,16-/m1/s1. The van der Waals surface area contributed by atoms with E-state index >= 15 is 0 Å². The van der Waals surface area contributed by atoms with Gasteiger partial charge in [0, 0.05) is 44.1 Å². The monoisotopic (exact) mass is 362 g/mol. The van der Waals surface area contributed by atoms with Crippen molar-refractivity contribution in [2.75, 3.05) is 13.6 Å². The average molecular weight is 362 g/mol. The Morgan fingerprint density at radius 3 is 2.65 bits per heavy atom. The van der Waals surface area contributed by atoms with Gasteiger partial charge < -0.3 is 20.1 Å². The van der Waals surface area contributed by atoms with Gasteiger partial charge in [-0.25, -0.2) is 0 Å². The van der Waals surface area contributed by atoms with E-state index in [9.17, 15) is 9.59 Å². The van der Waals surface area contributed by atoms with E-state index in [2.05, 4.69) is 15.8 Å². The molecular weight excluding hydrogens is 332 g/mol. The molecule has 2 fully saturated rings. The van der Waals surface area contributed by atoms with Gasteiger partial charge in [-0.15, -0.1) is 0 Å². The second-order valence-electron chi connectivity index (χ2n) is 7.74. The van der Waals surface area contributed by atoms with Crippen molar-refractivity contribution >= 4 is 11.8 Å². The first-order chi connectivity index (χ1) is 12.5. The lowest BCUT2D eigenvalue weighted by Gasteiger charge is -2.33. The summed E-state index contributed by atoms with van der Waals surface area (Å²) in [6.07, 6.45) is 6.74. The Bertz CT molecular complexity index is 626. The Labute approximate surface area is 154 Å². The summed E-state index contributed by atoms with van der Waals surface area (Å²) in [4.78, 5) is 26.9. The fourth-order valence-corrected chi connectivity index (χ4v) is 3.69. The topological polar surface area (TPSA) is 87.5 Å². The molecule has 1 aliphatic heterocycles. The molecule has 0 aromatic carbocycles. The summed E-state index contributed by atoms with van der Waals surface area (Å²) in [5.74, 6) is 0.418. The van der Waals surface area contributed by atoms with Crippen LogP contribution in [0, 0.1) is 12.8 Å². The van der Waals surface area contributed by atoms with Gasteiger partial charge in [-0.05, 0) is 32.6 Å². The Balaban J connectivity index is 1.54. The predicted molar refractivity (Wildman–Crippen MR) is 97.2 cm³/mol. The third-order valence-electron chi connectivity index (χ3n) is 5.51. The zero-order valence-corrected chi connectivity index (χ0v) is 15.8. The first-order valence-electron chi connectivity index (χ1n) is 9.71. The molecule has 1 saturated heterocycles. The van der Waals surface area contributed by atoms with Crippen LogP contribution in [0.2, 0.25) is 0 Å². The maximum atomic E-state index is 12.6. The van der Waals surface area contributed by atoms with Crippen LogP contribution in [-0.4, -0.2) is 47.5 Å². The number of hydrogen-bond donors (Lipinski definition) is 2. The zero-order chi connectivity index (χ0) is 18.5. The van der Waals surface area contributed by atoms with Crippen LogP contribution in [0.25, 0.3) is 0 Å². The number of nitrogens with one attached hydrogen (secondary N) is 2. The minimum Gasteiger partial charge on any atom is -0.361 e. The smallest absolute Gasteiger partial charge is 0.223 e. The van der Waals surface area contributed by atoms with E-state index in [1.807, 2.05) is 14.0 Å². The van der Waals surface area contributed by atoms with Crippen LogP contribution >= 0.6 is 0 Å². The average Bonchev–Trinajstić information content (AvgIpc) is 3.01. The highest BCUT2D eigenvalue weighted by Crippen LogP contribution is 2.22. The third kappa shape index (κ3) is 5.06. The van der Waals surface area contributed by atoms with Crippen molar-refractivity contribution in [3.8, 4) is 0 Å².